The van der Waals surface area contributed by atoms with Crippen molar-refractivity contribution in [2.24, 2.45) is 0 Å². The molecule has 0 saturated heterocycles. The highest BCUT2D eigenvalue weighted by Gasteiger charge is 2.06. The number of hydrogen-bond donors (Lipinski definition) is 0. The molecule has 0 aromatic heterocycles. The van der Waals surface area contributed by atoms with E-state index in [1.165, 1.54) is 7.11 Å². The number of ether oxygens (including phenoxy) is 2. The van der Waals surface area contributed by atoms with Gasteiger partial charge in [0.05, 0.1) is 6.61 Å². The van der Waals surface area contributed by atoms with E-state index in [4.69, 9.17) is 9.47 Å². The predicted molar refractivity (Wildman–Crippen MR) is 56.5 cm³/mol. The Labute approximate surface area is 90.2 Å². The first-order valence-corrected chi connectivity index (χ1v) is 4.97. The molecule has 0 saturated carbocycles. The molecule has 0 radical (unpaired) electrons. The van der Waals surface area contributed by atoms with Crippen LogP contribution in [0.2, 0.25) is 0 Å². The van der Waals surface area contributed by atoms with Crippen molar-refractivity contribution in [3.63, 3.8) is 0 Å². The van der Waals surface area contributed by atoms with Gasteiger partial charge in [0.25, 0.3) is 0 Å². The molecule has 0 spiro atoms. The summed E-state index contributed by atoms with van der Waals surface area (Å²) in [6.45, 7) is 3.83. The molecule has 0 aromatic rings. The van der Waals surface area contributed by atoms with E-state index >= 15 is 0 Å². The third-order valence-corrected chi connectivity index (χ3v) is 1.95. The van der Waals surface area contributed by atoms with E-state index in [9.17, 15) is 9.59 Å². The molecule has 0 amide bonds. The lowest BCUT2D eigenvalue weighted by Crippen LogP contribution is -2.11. The fourth-order valence-electron chi connectivity index (χ4n) is 1.03. The van der Waals surface area contributed by atoms with Crippen LogP contribution < -0.4 is 0 Å². The molecule has 0 aliphatic rings. The van der Waals surface area contributed by atoms with Crippen molar-refractivity contribution in [3.05, 3.63) is 11.6 Å². The number of carbonyl (C=O) groups is 2. The monoisotopic (exact) mass is 214 g/mol. The second-order valence-corrected chi connectivity index (χ2v) is 3.10. The smallest absolute Gasteiger partial charge is 0.333 e. The maximum Gasteiger partial charge on any atom is 0.333 e. The molecule has 0 bridgehead atoms. The first-order chi connectivity index (χ1) is 7.15. The first-order valence-electron chi connectivity index (χ1n) is 4.97. The van der Waals surface area contributed by atoms with Crippen molar-refractivity contribution < 1.29 is 19.1 Å². The summed E-state index contributed by atoms with van der Waals surface area (Å²) in [7, 11) is 1.49. The maximum atomic E-state index is 11.2. The summed E-state index contributed by atoms with van der Waals surface area (Å²) in [6, 6.07) is 0. The topological polar surface area (TPSA) is 52.6 Å². The quantitative estimate of drug-likeness (QED) is 0.366. The van der Waals surface area contributed by atoms with E-state index in [1.54, 1.807) is 19.9 Å². The Morgan fingerprint density at radius 2 is 2.13 bits per heavy atom. The number of allylic oxidation sites excluding steroid dienone is 1. The lowest BCUT2D eigenvalue weighted by Gasteiger charge is -2.06. The lowest BCUT2D eigenvalue weighted by molar-refractivity contribution is -0.138. The fraction of sp³-hybridized carbons (Fsp3) is 0.636. The van der Waals surface area contributed by atoms with Crippen LogP contribution in [0, 0.1) is 0 Å². The maximum absolute atomic E-state index is 11.2. The fourth-order valence-corrected chi connectivity index (χ4v) is 1.03. The van der Waals surface area contributed by atoms with Gasteiger partial charge in [-0.1, -0.05) is 6.08 Å². The molecule has 0 rings (SSSR count). The van der Waals surface area contributed by atoms with Crippen LogP contribution in [-0.2, 0) is 19.1 Å². The standard InChI is InChI=1S/C11H18O4/c1-4-15-11(13)9(2)6-5-7-10(8-12)14-3/h6,8,10H,4-5,7H2,1-3H3/b9-6+/t10-/m0/s1. The zero-order chi connectivity index (χ0) is 11.7. The first kappa shape index (κ1) is 13.8. The van der Waals surface area contributed by atoms with Gasteiger partial charge in [-0.3, -0.25) is 0 Å². The predicted octanol–water partition coefficient (Wildman–Crippen LogP) is 1.49. The Balaban J connectivity index is 3.94. The molecule has 0 unspecified atom stereocenters. The van der Waals surface area contributed by atoms with Gasteiger partial charge in [0.2, 0.25) is 0 Å². The van der Waals surface area contributed by atoms with E-state index in [-0.39, 0.29) is 5.97 Å². The SMILES string of the molecule is CCOC(=O)/C(C)=C/CC[C@@H](C=O)OC. The number of methoxy groups -OCH3 is 1. The normalized spacial score (nSPS) is 13.4. The van der Waals surface area contributed by atoms with Crippen molar-refractivity contribution in [3.8, 4) is 0 Å². The van der Waals surface area contributed by atoms with Gasteiger partial charge in [0, 0.05) is 12.7 Å². The van der Waals surface area contributed by atoms with Gasteiger partial charge in [-0.05, 0) is 26.7 Å². The van der Waals surface area contributed by atoms with E-state index < -0.39 is 6.10 Å². The third kappa shape index (κ3) is 6.01. The van der Waals surface area contributed by atoms with Crippen molar-refractivity contribution in [1.29, 1.82) is 0 Å². The van der Waals surface area contributed by atoms with Crippen molar-refractivity contribution in [2.45, 2.75) is 32.8 Å². The summed E-state index contributed by atoms with van der Waals surface area (Å²) < 4.78 is 9.68. The zero-order valence-electron chi connectivity index (χ0n) is 9.49. The van der Waals surface area contributed by atoms with Gasteiger partial charge in [-0.25, -0.2) is 4.79 Å². The number of aldehydes is 1. The summed E-state index contributed by atoms with van der Waals surface area (Å²) >= 11 is 0. The van der Waals surface area contributed by atoms with Crippen LogP contribution in [0.5, 0.6) is 0 Å². The highest BCUT2D eigenvalue weighted by Crippen LogP contribution is 2.04. The summed E-state index contributed by atoms with van der Waals surface area (Å²) in [5.74, 6) is -0.308. The lowest BCUT2D eigenvalue weighted by atomic mass is 10.1. The molecule has 86 valence electrons. The zero-order valence-corrected chi connectivity index (χ0v) is 9.49. The Morgan fingerprint density at radius 3 is 2.60 bits per heavy atom. The highest BCUT2D eigenvalue weighted by molar-refractivity contribution is 5.87. The molecule has 0 aliphatic heterocycles. The van der Waals surface area contributed by atoms with Crippen LogP contribution in [0.4, 0.5) is 0 Å². The molecule has 1 atom stereocenters. The van der Waals surface area contributed by atoms with Gasteiger partial charge in [-0.2, -0.15) is 0 Å². The van der Waals surface area contributed by atoms with Crippen LogP contribution >= 0.6 is 0 Å². The van der Waals surface area contributed by atoms with Crippen LogP contribution in [0.1, 0.15) is 26.7 Å². The Bertz CT molecular complexity index is 233. The Kier molecular flexibility index (Phi) is 7.54. The Hall–Kier alpha value is -1.16. The van der Waals surface area contributed by atoms with Gasteiger partial charge >= 0.3 is 5.97 Å². The van der Waals surface area contributed by atoms with Gasteiger partial charge in [0.15, 0.2) is 0 Å². The van der Waals surface area contributed by atoms with Crippen molar-refractivity contribution >= 4 is 12.3 Å². The molecule has 4 heteroatoms. The molecular weight excluding hydrogens is 196 g/mol. The molecule has 4 nitrogen and oxygen atoms in total. The van der Waals surface area contributed by atoms with Crippen molar-refractivity contribution in [1.82, 2.24) is 0 Å². The van der Waals surface area contributed by atoms with E-state index in [0.29, 0.717) is 25.0 Å². The van der Waals surface area contributed by atoms with Crippen LogP contribution in [0.15, 0.2) is 11.6 Å². The van der Waals surface area contributed by atoms with Crippen LogP contribution in [0.3, 0.4) is 0 Å². The molecule has 0 heterocycles. The van der Waals surface area contributed by atoms with E-state index in [2.05, 4.69) is 0 Å². The number of esters is 1. The average Bonchev–Trinajstić information content (AvgIpc) is 2.24. The average molecular weight is 214 g/mol. The molecule has 0 N–H and O–H groups in total. The number of carbonyl (C=O) groups excluding carboxylic acids is 2. The number of rotatable bonds is 7. The van der Waals surface area contributed by atoms with Gasteiger partial charge in [-0.15, -0.1) is 0 Å². The molecule has 15 heavy (non-hydrogen) atoms. The minimum absolute atomic E-state index is 0.308. The number of hydrogen-bond acceptors (Lipinski definition) is 4. The Morgan fingerprint density at radius 1 is 1.47 bits per heavy atom. The minimum Gasteiger partial charge on any atom is -0.463 e. The largest absolute Gasteiger partial charge is 0.463 e. The van der Waals surface area contributed by atoms with E-state index in [1.807, 2.05) is 0 Å². The molecule has 0 fully saturated rings. The third-order valence-electron chi connectivity index (χ3n) is 1.95. The second-order valence-electron chi connectivity index (χ2n) is 3.10. The minimum atomic E-state index is -0.392. The van der Waals surface area contributed by atoms with Crippen molar-refractivity contribution in [2.75, 3.05) is 13.7 Å². The molecular formula is C11H18O4. The molecule has 0 aliphatic carbocycles. The van der Waals surface area contributed by atoms with Gasteiger partial charge < -0.3 is 14.3 Å². The summed E-state index contributed by atoms with van der Waals surface area (Å²) in [6.07, 6.45) is 3.33. The second kappa shape index (κ2) is 8.17. The summed E-state index contributed by atoms with van der Waals surface area (Å²) in [5, 5.41) is 0. The van der Waals surface area contributed by atoms with Gasteiger partial charge in [0.1, 0.15) is 12.4 Å². The highest BCUT2D eigenvalue weighted by atomic mass is 16.5. The summed E-state index contributed by atoms with van der Waals surface area (Å²) in [4.78, 5) is 21.6. The van der Waals surface area contributed by atoms with Crippen LogP contribution in [-0.4, -0.2) is 32.1 Å². The van der Waals surface area contributed by atoms with E-state index in [0.717, 1.165) is 6.29 Å². The summed E-state index contributed by atoms with van der Waals surface area (Å²) in [5.41, 5.74) is 0.567. The molecule has 0 aromatic carbocycles. The van der Waals surface area contributed by atoms with Crippen LogP contribution in [0.25, 0.3) is 0 Å².